The zero-order valence-corrected chi connectivity index (χ0v) is 10.3. The second-order valence-corrected chi connectivity index (χ2v) is 4.53. The minimum absolute atomic E-state index is 0.0120. The van der Waals surface area contributed by atoms with Gasteiger partial charge in [0.2, 0.25) is 0 Å². The van der Waals surface area contributed by atoms with Gasteiger partial charge in [-0.15, -0.1) is 5.10 Å². The average molecular weight is 252 g/mol. The van der Waals surface area contributed by atoms with Gasteiger partial charge in [-0.1, -0.05) is 11.8 Å². The molecule has 0 amide bonds. The molecule has 0 fully saturated rings. The summed E-state index contributed by atoms with van der Waals surface area (Å²) >= 11 is 1.24. The van der Waals surface area contributed by atoms with Crippen molar-refractivity contribution < 1.29 is 4.79 Å². The van der Waals surface area contributed by atoms with Crippen LogP contribution in [0.4, 0.5) is 0 Å². The molecule has 2 aromatic rings. The molecule has 1 N–H and O–H groups in total. The van der Waals surface area contributed by atoms with Crippen molar-refractivity contribution in [1.29, 1.82) is 0 Å². The van der Waals surface area contributed by atoms with Crippen molar-refractivity contribution in [2.75, 3.05) is 5.75 Å². The smallest absolute Gasteiger partial charge is 0.343 e. The Balaban J connectivity index is 2.04. The van der Waals surface area contributed by atoms with E-state index in [0.29, 0.717) is 10.9 Å². The van der Waals surface area contributed by atoms with Crippen LogP contribution < -0.4 is 5.69 Å². The van der Waals surface area contributed by atoms with Crippen LogP contribution in [0.1, 0.15) is 10.5 Å². The van der Waals surface area contributed by atoms with E-state index in [4.69, 9.17) is 0 Å². The summed E-state index contributed by atoms with van der Waals surface area (Å²) in [5.41, 5.74) is 0.372. The molecule has 90 valence electrons. The Morgan fingerprint density at radius 1 is 1.53 bits per heavy atom. The molecule has 0 aliphatic carbocycles. The fourth-order valence-corrected chi connectivity index (χ4v) is 2.21. The molecule has 2 rings (SSSR count). The number of ketones is 1. The number of nitrogens with zero attached hydrogens (tertiary/aromatic N) is 3. The first-order chi connectivity index (χ1) is 8.09. The molecule has 0 atom stereocenters. The first-order valence-corrected chi connectivity index (χ1v) is 5.97. The molecule has 0 aliphatic rings. The highest BCUT2D eigenvalue weighted by Crippen LogP contribution is 2.14. The lowest BCUT2D eigenvalue weighted by Gasteiger charge is -2.01. The number of hydrogen-bond donors (Lipinski definition) is 1. The molecular weight excluding hydrogens is 240 g/mol. The highest BCUT2D eigenvalue weighted by atomic mass is 32.2. The molecule has 2 heterocycles. The van der Waals surface area contributed by atoms with Crippen LogP contribution in [0.15, 0.2) is 28.3 Å². The fourth-order valence-electron chi connectivity index (χ4n) is 1.42. The molecule has 2 aromatic heterocycles. The number of H-pyrrole nitrogens is 1. The minimum Gasteiger partial charge on any atom is -0.348 e. The molecule has 0 radical (unpaired) electrons. The quantitative estimate of drug-likeness (QED) is 0.632. The van der Waals surface area contributed by atoms with Crippen LogP contribution in [0.2, 0.25) is 0 Å². The number of hydrogen-bond acceptors (Lipinski definition) is 4. The molecule has 0 saturated heterocycles. The van der Waals surface area contributed by atoms with Gasteiger partial charge in [0.25, 0.3) is 0 Å². The van der Waals surface area contributed by atoms with Gasteiger partial charge in [-0.2, -0.15) is 0 Å². The van der Waals surface area contributed by atoms with E-state index < -0.39 is 0 Å². The second-order valence-electron chi connectivity index (χ2n) is 3.59. The van der Waals surface area contributed by atoms with Gasteiger partial charge in [-0.25, -0.2) is 9.89 Å². The van der Waals surface area contributed by atoms with E-state index in [-0.39, 0.29) is 17.2 Å². The number of aromatic nitrogens is 4. The summed E-state index contributed by atoms with van der Waals surface area (Å²) in [5, 5.41) is 6.66. The van der Waals surface area contributed by atoms with Gasteiger partial charge < -0.3 is 4.57 Å². The Labute approximate surface area is 102 Å². The van der Waals surface area contributed by atoms with E-state index in [2.05, 4.69) is 10.2 Å². The summed E-state index contributed by atoms with van der Waals surface area (Å²) in [5.74, 6) is 0.272. The van der Waals surface area contributed by atoms with Crippen molar-refractivity contribution in [2.24, 2.45) is 14.1 Å². The maximum absolute atomic E-state index is 11.9. The predicted molar refractivity (Wildman–Crippen MR) is 64.3 cm³/mol. The maximum Gasteiger partial charge on any atom is 0.343 e. The molecule has 0 saturated carbocycles. The van der Waals surface area contributed by atoms with Crippen LogP contribution in [0.25, 0.3) is 0 Å². The summed E-state index contributed by atoms with van der Waals surface area (Å²) in [6.07, 6.45) is 1.82. The molecule has 0 aliphatic heterocycles. The molecule has 7 heteroatoms. The maximum atomic E-state index is 11.9. The number of Topliss-reactive ketones (excluding diaryl/α,β-unsaturated/α-hetero) is 1. The van der Waals surface area contributed by atoms with E-state index >= 15 is 0 Å². The summed E-state index contributed by atoms with van der Waals surface area (Å²) in [7, 11) is 3.43. The normalized spacial score (nSPS) is 10.7. The third-order valence-electron chi connectivity index (χ3n) is 2.40. The van der Waals surface area contributed by atoms with E-state index in [0.717, 1.165) is 0 Å². The monoisotopic (exact) mass is 252 g/mol. The van der Waals surface area contributed by atoms with Crippen LogP contribution in [-0.4, -0.2) is 30.9 Å². The zero-order chi connectivity index (χ0) is 12.4. The van der Waals surface area contributed by atoms with Crippen LogP contribution in [0.3, 0.4) is 0 Å². The van der Waals surface area contributed by atoms with Gasteiger partial charge in [0.15, 0.2) is 10.9 Å². The lowest BCUT2D eigenvalue weighted by molar-refractivity contribution is 0.101. The summed E-state index contributed by atoms with van der Waals surface area (Å²) in [6.45, 7) is 0. The Hall–Kier alpha value is -1.76. The molecule has 6 nitrogen and oxygen atoms in total. The van der Waals surface area contributed by atoms with Crippen molar-refractivity contribution in [1.82, 2.24) is 19.3 Å². The van der Waals surface area contributed by atoms with Crippen molar-refractivity contribution in [3.8, 4) is 0 Å². The molecule has 0 unspecified atom stereocenters. The second kappa shape index (κ2) is 4.62. The SMILES string of the molecule is Cn1cccc1C(=O)CSc1n[nH]c(=O)n1C. The Kier molecular flexibility index (Phi) is 3.19. The van der Waals surface area contributed by atoms with Crippen LogP contribution in [-0.2, 0) is 14.1 Å². The van der Waals surface area contributed by atoms with Gasteiger partial charge in [-0.05, 0) is 12.1 Å². The lowest BCUT2D eigenvalue weighted by Crippen LogP contribution is -2.13. The zero-order valence-electron chi connectivity index (χ0n) is 9.51. The molecule has 0 aromatic carbocycles. The van der Waals surface area contributed by atoms with E-state index in [1.54, 1.807) is 17.7 Å². The Morgan fingerprint density at radius 2 is 2.29 bits per heavy atom. The summed E-state index contributed by atoms with van der Waals surface area (Å²) < 4.78 is 3.15. The standard InChI is InChI=1S/C10H12N4O2S/c1-13-5-3-4-7(13)8(15)6-17-10-12-11-9(16)14(10)2/h3-5H,6H2,1-2H3,(H,11,16). The van der Waals surface area contributed by atoms with Crippen molar-refractivity contribution in [2.45, 2.75) is 5.16 Å². The van der Waals surface area contributed by atoms with Gasteiger partial charge in [0.1, 0.15) is 0 Å². The average Bonchev–Trinajstić information content (AvgIpc) is 2.85. The highest BCUT2D eigenvalue weighted by Gasteiger charge is 2.12. The van der Waals surface area contributed by atoms with Crippen LogP contribution in [0, 0.1) is 0 Å². The molecule has 0 spiro atoms. The number of carbonyl (C=O) groups excluding carboxylic acids is 1. The minimum atomic E-state index is -0.279. The lowest BCUT2D eigenvalue weighted by atomic mass is 10.3. The summed E-state index contributed by atoms with van der Waals surface area (Å²) in [4.78, 5) is 23.0. The van der Waals surface area contributed by atoms with Crippen LogP contribution in [0.5, 0.6) is 0 Å². The molecule has 0 bridgehead atoms. The van der Waals surface area contributed by atoms with Gasteiger partial charge in [0.05, 0.1) is 11.4 Å². The van der Waals surface area contributed by atoms with Gasteiger partial charge >= 0.3 is 5.69 Å². The number of aromatic amines is 1. The number of nitrogens with one attached hydrogen (secondary N) is 1. The van der Waals surface area contributed by atoms with Crippen molar-refractivity contribution in [3.05, 3.63) is 34.5 Å². The van der Waals surface area contributed by atoms with Crippen molar-refractivity contribution in [3.63, 3.8) is 0 Å². The van der Waals surface area contributed by atoms with Crippen LogP contribution >= 0.6 is 11.8 Å². The third kappa shape index (κ3) is 2.33. The molecule has 17 heavy (non-hydrogen) atoms. The molecular formula is C10H12N4O2S. The van der Waals surface area contributed by atoms with Gasteiger partial charge in [-0.3, -0.25) is 9.36 Å². The third-order valence-corrected chi connectivity index (χ3v) is 3.43. The fraction of sp³-hybridized carbons (Fsp3) is 0.300. The predicted octanol–water partition coefficient (Wildman–Crippen LogP) is 0.422. The van der Waals surface area contributed by atoms with Crippen molar-refractivity contribution >= 4 is 17.5 Å². The highest BCUT2D eigenvalue weighted by molar-refractivity contribution is 7.99. The first-order valence-electron chi connectivity index (χ1n) is 4.98. The number of carbonyl (C=O) groups is 1. The number of aryl methyl sites for hydroxylation is 1. The summed E-state index contributed by atoms with van der Waals surface area (Å²) in [6, 6.07) is 3.59. The number of rotatable bonds is 4. The first kappa shape index (κ1) is 11.7. The van der Waals surface area contributed by atoms with Gasteiger partial charge in [0, 0.05) is 20.3 Å². The largest absolute Gasteiger partial charge is 0.348 e. The van der Waals surface area contributed by atoms with E-state index in [9.17, 15) is 9.59 Å². The van der Waals surface area contributed by atoms with E-state index in [1.165, 1.54) is 16.3 Å². The number of thioether (sulfide) groups is 1. The Bertz CT molecular complexity index is 595. The Morgan fingerprint density at radius 3 is 2.82 bits per heavy atom. The van der Waals surface area contributed by atoms with E-state index in [1.807, 2.05) is 19.3 Å². The topological polar surface area (TPSA) is 72.7 Å².